The lowest BCUT2D eigenvalue weighted by Crippen LogP contribution is -2.23. The van der Waals surface area contributed by atoms with Crippen molar-refractivity contribution in [3.8, 4) is 11.3 Å². The minimum Gasteiger partial charge on any atom is -0.391 e. The molecule has 1 aliphatic heterocycles. The van der Waals surface area contributed by atoms with Crippen LogP contribution in [0.4, 0.5) is 11.5 Å². The number of aliphatic hydroxyl groups is 1. The molecule has 0 aliphatic carbocycles. The van der Waals surface area contributed by atoms with Crippen LogP contribution in [0.3, 0.4) is 0 Å². The topological polar surface area (TPSA) is 56.9 Å². The highest BCUT2D eigenvalue weighted by molar-refractivity contribution is 5.79. The summed E-state index contributed by atoms with van der Waals surface area (Å²) in [6.45, 7) is 1.42. The van der Waals surface area contributed by atoms with E-state index in [1.165, 1.54) is 0 Å². The molecule has 1 saturated heterocycles. The van der Waals surface area contributed by atoms with Crippen molar-refractivity contribution < 1.29 is 5.11 Å². The lowest BCUT2D eigenvalue weighted by atomic mass is 10.1. The molecule has 0 bridgehead atoms. The van der Waals surface area contributed by atoms with E-state index >= 15 is 0 Å². The molecular formula is C18H21N5O. The Morgan fingerprint density at radius 2 is 2.04 bits per heavy atom. The first kappa shape index (κ1) is 15.0. The van der Waals surface area contributed by atoms with Crippen LogP contribution in [-0.4, -0.2) is 52.8 Å². The summed E-state index contributed by atoms with van der Waals surface area (Å²) in [6.07, 6.45) is 6.14. The van der Waals surface area contributed by atoms with Gasteiger partial charge in [-0.3, -0.25) is 4.40 Å². The first-order chi connectivity index (χ1) is 11.6. The Kier molecular flexibility index (Phi) is 3.61. The first-order valence-electron chi connectivity index (χ1n) is 8.17. The van der Waals surface area contributed by atoms with Gasteiger partial charge in [0.05, 0.1) is 18.0 Å². The molecule has 3 heterocycles. The third kappa shape index (κ3) is 2.39. The Morgan fingerprint density at radius 1 is 1.21 bits per heavy atom. The van der Waals surface area contributed by atoms with Crippen molar-refractivity contribution in [1.82, 2.24) is 14.4 Å². The average Bonchev–Trinajstić information content (AvgIpc) is 3.20. The summed E-state index contributed by atoms with van der Waals surface area (Å²) in [5.41, 5.74) is 4.15. The fourth-order valence-corrected chi connectivity index (χ4v) is 3.34. The van der Waals surface area contributed by atoms with E-state index in [0.29, 0.717) is 6.54 Å². The van der Waals surface area contributed by atoms with Crippen LogP contribution in [0, 0.1) is 0 Å². The first-order valence-corrected chi connectivity index (χ1v) is 8.17. The maximum atomic E-state index is 9.81. The van der Waals surface area contributed by atoms with Crippen LogP contribution in [0.1, 0.15) is 6.42 Å². The van der Waals surface area contributed by atoms with Gasteiger partial charge in [-0.05, 0) is 12.5 Å². The molecule has 1 aliphatic rings. The summed E-state index contributed by atoms with van der Waals surface area (Å²) >= 11 is 0. The van der Waals surface area contributed by atoms with Crippen LogP contribution in [0.5, 0.6) is 0 Å². The molecule has 1 atom stereocenters. The molecule has 0 amide bonds. The van der Waals surface area contributed by atoms with Crippen LogP contribution < -0.4 is 9.80 Å². The number of benzene rings is 1. The third-order valence-electron chi connectivity index (χ3n) is 4.53. The summed E-state index contributed by atoms with van der Waals surface area (Å²) in [7, 11) is 4.08. The van der Waals surface area contributed by atoms with Crippen molar-refractivity contribution in [3.05, 3.63) is 42.9 Å². The van der Waals surface area contributed by atoms with Gasteiger partial charge in [-0.25, -0.2) is 9.97 Å². The average molecular weight is 323 g/mol. The zero-order valence-electron chi connectivity index (χ0n) is 13.9. The molecule has 0 radical (unpaired) electrons. The van der Waals surface area contributed by atoms with E-state index in [9.17, 15) is 5.11 Å². The molecule has 4 rings (SSSR count). The van der Waals surface area contributed by atoms with Crippen molar-refractivity contribution >= 4 is 17.2 Å². The second-order valence-corrected chi connectivity index (χ2v) is 6.39. The van der Waals surface area contributed by atoms with Gasteiger partial charge in [0.15, 0.2) is 11.5 Å². The van der Waals surface area contributed by atoms with E-state index in [1.807, 2.05) is 38.6 Å². The normalized spacial score (nSPS) is 17.6. The molecular weight excluding hydrogens is 302 g/mol. The molecule has 3 aromatic rings. The van der Waals surface area contributed by atoms with Gasteiger partial charge in [0.2, 0.25) is 0 Å². The van der Waals surface area contributed by atoms with E-state index in [1.54, 1.807) is 6.20 Å². The van der Waals surface area contributed by atoms with Crippen LogP contribution in [0.15, 0.2) is 42.9 Å². The van der Waals surface area contributed by atoms with Gasteiger partial charge in [0.25, 0.3) is 0 Å². The maximum absolute atomic E-state index is 9.81. The highest BCUT2D eigenvalue weighted by Crippen LogP contribution is 2.32. The lowest BCUT2D eigenvalue weighted by molar-refractivity contribution is 0.198. The monoisotopic (exact) mass is 323 g/mol. The van der Waals surface area contributed by atoms with Crippen molar-refractivity contribution in [2.24, 2.45) is 0 Å². The summed E-state index contributed by atoms with van der Waals surface area (Å²) in [6, 6.07) is 8.30. The predicted molar refractivity (Wildman–Crippen MR) is 95.6 cm³/mol. The number of β-amino-alcohol motifs (C(OH)–C–C–N with tert-alkyl or cyclic N) is 1. The maximum Gasteiger partial charge on any atom is 0.180 e. The molecule has 1 unspecified atom stereocenters. The zero-order valence-corrected chi connectivity index (χ0v) is 13.9. The summed E-state index contributed by atoms with van der Waals surface area (Å²) in [4.78, 5) is 13.3. The highest BCUT2D eigenvalue weighted by Gasteiger charge is 2.24. The SMILES string of the molecule is CN(C)c1ccccc1-c1cnc2c(N3CCC(O)C3)nccn12. The van der Waals surface area contributed by atoms with Gasteiger partial charge in [-0.2, -0.15) is 0 Å². The Morgan fingerprint density at radius 3 is 2.79 bits per heavy atom. The van der Waals surface area contributed by atoms with Gasteiger partial charge in [-0.15, -0.1) is 0 Å². The van der Waals surface area contributed by atoms with Gasteiger partial charge in [0, 0.05) is 50.8 Å². The number of aliphatic hydroxyl groups excluding tert-OH is 1. The smallest absolute Gasteiger partial charge is 0.180 e. The summed E-state index contributed by atoms with van der Waals surface area (Å²) < 4.78 is 2.08. The molecule has 0 spiro atoms. The molecule has 1 aromatic carbocycles. The summed E-state index contributed by atoms with van der Waals surface area (Å²) in [5.74, 6) is 0.836. The number of rotatable bonds is 3. The number of fused-ring (bicyclic) bond motifs is 1. The van der Waals surface area contributed by atoms with Gasteiger partial charge >= 0.3 is 0 Å². The lowest BCUT2D eigenvalue weighted by Gasteiger charge is -2.18. The van der Waals surface area contributed by atoms with E-state index < -0.39 is 0 Å². The van der Waals surface area contributed by atoms with Crippen LogP contribution in [0.25, 0.3) is 16.9 Å². The van der Waals surface area contributed by atoms with Crippen LogP contribution >= 0.6 is 0 Å². The Hall–Kier alpha value is -2.60. The minimum atomic E-state index is -0.282. The molecule has 6 nitrogen and oxygen atoms in total. The number of para-hydroxylation sites is 1. The minimum absolute atomic E-state index is 0.282. The molecule has 124 valence electrons. The summed E-state index contributed by atoms with van der Waals surface area (Å²) in [5, 5.41) is 9.81. The van der Waals surface area contributed by atoms with E-state index in [0.717, 1.165) is 41.4 Å². The van der Waals surface area contributed by atoms with E-state index in [2.05, 4.69) is 36.3 Å². The zero-order chi connectivity index (χ0) is 16.7. The number of hydrogen-bond acceptors (Lipinski definition) is 5. The van der Waals surface area contributed by atoms with Crippen molar-refractivity contribution in [3.63, 3.8) is 0 Å². The Bertz CT molecular complexity index is 873. The van der Waals surface area contributed by atoms with E-state index in [4.69, 9.17) is 0 Å². The van der Waals surface area contributed by atoms with Gasteiger partial charge < -0.3 is 14.9 Å². The van der Waals surface area contributed by atoms with Crippen molar-refractivity contribution in [1.29, 1.82) is 0 Å². The largest absolute Gasteiger partial charge is 0.391 e. The predicted octanol–water partition coefficient (Wildman–Crippen LogP) is 2.03. The molecule has 24 heavy (non-hydrogen) atoms. The third-order valence-corrected chi connectivity index (χ3v) is 4.53. The number of nitrogens with zero attached hydrogens (tertiary/aromatic N) is 5. The molecule has 1 N–H and O–H groups in total. The number of aromatic nitrogens is 3. The second-order valence-electron chi connectivity index (χ2n) is 6.39. The molecule has 1 fully saturated rings. The van der Waals surface area contributed by atoms with Crippen LogP contribution in [-0.2, 0) is 0 Å². The van der Waals surface area contributed by atoms with Gasteiger partial charge in [0.1, 0.15) is 0 Å². The van der Waals surface area contributed by atoms with Crippen molar-refractivity contribution in [2.75, 3.05) is 37.0 Å². The number of anilines is 2. The quantitative estimate of drug-likeness (QED) is 0.799. The Balaban J connectivity index is 1.85. The second kappa shape index (κ2) is 5.79. The van der Waals surface area contributed by atoms with Gasteiger partial charge in [-0.1, -0.05) is 18.2 Å². The van der Waals surface area contributed by atoms with E-state index in [-0.39, 0.29) is 6.10 Å². The fraction of sp³-hybridized carbons (Fsp3) is 0.333. The van der Waals surface area contributed by atoms with Crippen LogP contribution in [0.2, 0.25) is 0 Å². The molecule has 6 heteroatoms. The molecule has 2 aromatic heterocycles. The highest BCUT2D eigenvalue weighted by atomic mass is 16.3. The Labute approximate surface area is 141 Å². The molecule has 0 saturated carbocycles. The standard InChI is InChI=1S/C18H21N5O/c1-21(2)15-6-4-3-5-14(15)16-11-20-18-17(19-8-10-23(16)18)22-9-7-13(24)12-22/h3-6,8,10-11,13,24H,7,9,12H2,1-2H3. The van der Waals surface area contributed by atoms with Crippen molar-refractivity contribution in [2.45, 2.75) is 12.5 Å². The number of hydrogen-bond donors (Lipinski definition) is 1. The number of imidazole rings is 1. The fourth-order valence-electron chi connectivity index (χ4n) is 3.34.